The molecule has 0 saturated heterocycles. The molecule has 5 rings (SSSR count). The fourth-order valence-corrected chi connectivity index (χ4v) is 5.56. The summed E-state index contributed by atoms with van der Waals surface area (Å²) in [6, 6.07) is 11.6. The lowest BCUT2D eigenvalue weighted by molar-refractivity contribution is 0.0731. The lowest BCUT2D eigenvalue weighted by atomic mass is 10.0. The van der Waals surface area contributed by atoms with Crippen LogP contribution in [0.5, 0.6) is 0 Å². The van der Waals surface area contributed by atoms with Crippen molar-refractivity contribution < 1.29 is 13.2 Å². The molecular formula is C25H25N5O4S2. The number of amides is 1. The van der Waals surface area contributed by atoms with E-state index in [0.29, 0.717) is 41.4 Å². The first-order valence-electron chi connectivity index (χ1n) is 11.5. The van der Waals surface area contributed by atoms with Crippen LogP contribution in [0.4, 0.5) is 5.95 Å². The standard InChI is InChI=1S/C25H25N5O4S2/c1-15(2)27-25-28-21-13-29(23(31)16-4-9-22-20(12-16)26-14-35-22)11-10-19(21)24(32)30(25)17-5-7-18(8-6-17)36(3,33)34/h4-9,12,14-15H,10-11,13H2,1-3H3,(H,27,28). The van der Waals surface area contributed by atoms with Gasteiger partial charge in [-0.15, -0.1) is 11.3 Å². The van der Waals surface area contributed by atoms with Crippen molar-refractivity contribution in [3.8, 4) is 5.69 Å². The van der Waals surface area contributed by atoms with Crippen LogP contribution < -0.4 is 10.9 Å². The van der Waals surface area contributed by atoms with Gasteiger partial charge in [-0.05, 0) is 62.7 Å². The number of aromatic nitrogens is 3. The molecular weight excluding hydrogens is 498 g/mol. The summed E-state index contributed by atoms with van der Waals surface area (Å²) in [6.45, 7) is 4.49. The van der Waals surface area contributed by atoms with Gasteiger partial charge in [0.05, 0.1) is 38.5 Å². The van der Waals surface area contributed by atoms with Crippen LogP contribution in [-0.2, 0) is 22.8 Å². The molecule has 2 aromatic carbocycles. The van der Waals surface area contributed by atoms with Gasteiger partial charge >= 0.3 is 0 Å². The quantitative estimate of drug-likeness (QED) is 0.427. The summed E-state index contributed by atoms with van der Waals surface area (Å²) in [5.41, 5.74) is 4.48. The van der Waals surface area contributed by atoms with Gasteiger partial charge in [0, 0.05) is 30.0 Å². The minimum absolute atomic E-state index is 0.0114. The molecule has 11 heteroatoms. The monoisotopic (exact) mass is 523 g/mol. The molecule has 1 amide bonds. The van der Waals surface area contributed by atoms with Crippen LogP contribution in [0.3, 0.4) is 0 Å². The Morgan fingerprint density at radius 1 is 1.14 bits per heavy atom. The van der Waals surface area contributed by atoms with E-state index in [-0.39, 0.29) is 28.9 Å². The number of carbonyl (C=O) groups is 1. The Kier molecular flexibility index (Phi) is 6.13. The van der Waals surface area contributed by atoms with Crippen LogP contribution >= 0.6 is 11.3 Å². The highest BCUT2D eigenvalue weighted by molar-refractivity contribution is 7.90. The normalized spacial score (nSPS) is 13.7. The number of carbonyl (C=O) groups excluding carboxylic acids is 1. The van der Waals surface area contributed by atoms with Crippen molar-refractivity contribution in [1.82, 2.24) is 19.4 Å². The molecule has 186 valence electrons. The molecule has 0 atom stereocenters. The van der Waals surface area contributed by atoms with Crippen molar-refractivity contribution in [2.75, 3.05) is 18.1 Å². The van der Waals surface area contributed by atoms with Crippen molar-refractivity contribution in [3.63, 3.8) is 0 Å². The van der Waals surface area contributed by atoms with Crippen LogP contribution in [0.2, 0.25) is 0 Å². The Morgan fingerprint density at radius 2 is 1.89 bits per heavy atom. The van der Waals surface area contributed by atoms with Gasteiger partial charge in [0.1, 0.15) is 0 Å². The maximum Gasteiger partial charge on any atom is 0.263 e. The van der Waals surface area contributed by atoms with Gasteiger partial charge in [-0.2, -0.15) is 0 Å². The van der Waals surface area contributed by atoms with E-state index in [1.165, 1.54) is 28.0 Å². The van der Waals surface area contributed by atoms with Crippen molar-refractivity contribution in [2.24, 2.45) is 0 Å². The van der Waals surface area contributed by atoms with Crippen LogP contribution in [0.1, 0.15) is 35.5 Å². The first-order chi connectivity index (χ1) is 17.1. The summed E-state index contributed by atoms with van der Waals surface area (Å²) in [4.78, 5) is 37.8. The smallest absolute Gasteiger partial charge is 0.263 e. The molecule has 2 aromatic heterocycles. The van der Waals surface area contributed by atoms with E-state index in [4.69, 9.17) is 4.98 Å². The molecule has 1 aliphatic heterocycles. The molecule has 0 aliphatic carbocycles. The van der Waals surface area contributed by atoms with Gasteiger partial charge in [-0.1, -0.05) is 0 Å². The first kappa shape index (κ1) is 24.1. The molecule has 9 nitrogen and oxygen atoms in total. The topological polar surface area (TPSA) is 114 Å². The van der Waals surface area contributed by atoms with Gasteiger partial charge < -0.3 is 10.2 Å². The number of sulfone groups is 1. The lowest BCUT2D eigenvalue weighted by Crippen LogP contribution is -2.41. The van der Waals surface area contributed by atoms with Gasteiger partial charge in [0.15, 0.2) is 9.84 Å². The molecule has 3 heterocycles. The molecule has 0 saturated carbocycles. The van der Waals surface area contributed by atoms with Gasteiger partial charge in [-0.25, -0.2) is 23.0 Å². The molecule has 0 bridgehead atoms. The third-order valence-electron chi connectivity index (χ3n) is 6.04. The van der Waals surface area contributed by atoms with Crippen LogP contribution in [0, 0.1) is 0 Å². The van der Waals surface area contributed by atoms with Crippen molar-refractivity contribution in [1.29, 1.82) is 0 Å². The second-order valence-electron chi connectivity index (χ2n) is 9.08. The number of hydrogen-bond acceptors (Lipinski definition) is 8. The van der Waals surface area contributed by atoms with Crippen LogP contribution in [0.15, 0.2) is 57.7 Å². The number of benzene rings is 2. The molecule has 0 fully saturated rings. The fourth-order valence-electron chi connectivity index (χ4n) is 4.27. The largest absolute Gasteiger partial charge is 0.353 e. The molecule has 4 aromatic rings. The maximum absolute atomic E-state index is 13.6. The van der Waals surface area contributed by atoms with E-state index >= 15 is 0 Å². The number of rotatable bonds is 5. The summed E-state index contributed by atoms with van der Waals surface area (Å²) in [5.74, 6) is 0.218. The van der Waals surface area contributed by atoms with E-state index in [1.54, 1.807) is 34.7 Å². The fraction of sp³-hybridized carbons (Fsp3) is 0.280. The second kappa shape index (κ2) is 9.14. The van der Waals surface area contributed by atoms with E-state index in [0.717, 1.165) is 16.5 Å². The van der Waals surface area contributed by atoms with E-state index < -0.39 is 9.84 Å². The predicted molar refractivity (Wildman–Crippen MR) is 140 cm³/mol. The zero-order chi connectivity index (χ0) is 25.6. The number of fused-ring (bicyclic) bond motifs is 2. The SMILES string of the molecule is CC(C)Nc1nc2c(c(=O)n1-c1ccc(S(C)(=O)=O)cc1)CCN(C(=O)c1ccc3scnc3c1)C2. The number of nitrogens with one attached hydrogen (secondary N) is 1. The van der Waals surface area contributed by atoms with Gasteiger partial charge in [0.25, 0.3) is 11.5 Å². The minimum Gasteiger partial charge on any atom is -0.353 e. The van der Waals surface area contributed by atoms with Crippen LogP contribution in [-0.4, -0.2) is 52.6 Å². The molecule has 36 heavy (non-hydrogen) atoms. The van der Waals surface area contributed by atoms with E-state index in [2.05, 4.69) is 10.3 Å². The summed E-state index contributed by atoms with van der Waals surface area (Å²) >= 11 is 1.52. The Balaban J connectivity index is 1.52. The maximum atomic E-state index is 13.6. The van der Waals surface area contributed by atoms with Crippen molar-refractivity contribution >= 4 is 43.2 Å². The number of thiazole rings is 1. The Bertz CT molecular complexity index is 1640. The van der Waals surface area contributed by atoms with E-state index in [1.807, 2.05) is 19.9 Å². The van der Waals surface area contributed by atoms with E-state index in [9.17, 15) is 18.0 Å². The Morgan fingerprint density at radius 3 is 2.58 bits per heavy atom. The average Bonchev–Trinajstić information content (AvgIpc) is 3.30. The molecule has 1 aliphatic rings. The van der Waals surface area contributed by atoms with Crippen molar-refractivity contribution in [3.05, 3.63) is 75.1 Å². The Hall–Kier alpha value is -3.57. The Labute approximate surface area is 212 Å². The lowest BCUT2D eigenvalue weighted by Gasteiger charge is -2.29. The highest BCUT2D eigenvalue weighted by Crippen LogP contribution is 2.24. The third kappa shape index (κ3) is 4.51. The average molecular weight is 524 g/mol. The summed E-state index contributed by atoms with van der Waals surface area (Å²) in [5, 5.41) is 3.22. The van der Waals surface area contributed by atoms with Crippen molar-refractivity contribution in [2.45, 2.75) is 37.8 Å². The highest BCUT2D eigenvalue weighted by atomic mass is 32.2. The third-order valence-corrected chi connectivity index (χ3v) is 7.98. The molecule has 0 spiro atoms. The molecule has 0 unspecified atom stereocenters. The number of anilines is 1. The summed E-state index contributed by atoms with van der Waals surface area (Å²) < 4.78 is 26.2. The zero-order valence-corrected chi connectivity index (χ0v) is 21.7. The molecule has 0 radical (unpaired) electrons. The highest BCUT2D eigenvalue weighted by Gasteiger charge is 2.27. The first-order valence-corrected chi connectivity index (χ1v) is 14.2. The summed E-state index contributed by atoms with van der Waals surface area (Å²) in [7, 11) is -3.36. The van der Waals surface area contributed by atoms with Gasteiger partial charge in [-0.3, -0.25) is 9.59 Å². The summed E-state index contributed by atoms with van der Waals surface area (Å²) in [6.07, 6.45) is 1.51. The number of nitrogens with zero attached hydrogens (tertiary/aromatic N) is 4. The van der Waals surface area contributed by atoms with Crippen LogP contribution in [0.25, 0.3) is 15.9 Å². The molecule has 1 N–H and O–H groups in total. The second-order valence-corrected chi connectivity index (χ2v) is 12.0. The predicted octanol–water partition coefficient (Wildman–Crippen LogP) is 3.26. The zero-order valence-electron chi connectivity index (χ0n) is 20.1. The van der Waals surface area contributed by atoms with Gasteiger partial charge in [0.2, 0.25) is 5.95 Å². The number of hydrogen-bond donors (Lipinski definition) is 1. The minimum atomic E-state index is -3.36.